The minimum Gasteiger partial charge on any atom is -0.334 e. The average Bonchev–Trinajstić information content (AvgIpc) is 2.70. The quantitative estimate of drug-likeness (QED) is 0.323. The van der Waals surface area contributed by atoms with Crippen molar-refractivity contribution in [2.75, 3.05) is 12.4 Å². The van der Waals surface area contributed by atoms with Crippen molar-refractivity contribution in [2.24, 2.45) is 0 Å². The van der Waals surface area contributed by atoms with Crippen LogP contribution in [0.1, 0.15) is 0 Å². The standard InChI is InChI=1S/C23H28ClNSi2/c1-26(2,3)25(20-19-24)27(21-13-7-4-8-14-21,22-15-9-5-10-16-22)23-17-11-6-12-18-23/h4-18H,19-20H2,1-3H3. The molecule has 3 rings (SSSR count). The van der Waals surface area contributed by atoms with E-state index in [2.05, 4.69) is 115 Å². The van der Waals surface area contributed by atoms with Gasteiger partial charge in [0.25, 0.3) is 0 Å². The van der Waals surface area contributed by atoms with E-state index < -0.39 is 16.5 Å². The minimum atomic E-state index is -2.40. The number of rotatable bonds is 7. The second-order valence-corrected chi connectivity index (χ2v) is 17.2. The fourth-order valence-electron chi connectivity index (χ4n) is 4.10. The van der Waals surface area contributed by atoms with Crippen LogP contribution >= 0.6 is 11.6 Å². The van der Waals surface area contributed by atoms with Gasteiger partial charge in [-0.25, -0.2) is 0 Å². The van der Waals surface area contributed by atoms with Gasteiger partial charge >= 0.3 is 0 Å². The van der Waals surface area contributed by atoms with Crippen LogP contribution in [0.5, 0.6) is 0 Å². The van der Waals surface area contributed by atoms with E-state index in [-0.39, 0.29) is 0 Å². The van der Waals surface area contributed by atoms with Gasteiger partial charge in [-0.2, -0.15) is 0 Å². The summed E-state index contributed by atoms with van der Waals surface area (Å²) in [5, 5.41) is 4.28. The number of halogens is 1. The Morgan fingerprint density at radius 1 is 0.630 bits per heavy atom. The molecule has 27 heavy (non-hydrogen) atoms. The molecule has 0 aromatic heterocycles. The van der Waals surface area contributed by atoms with Crippen LogP contribution < -0.4 is 15.6 Å². The lowest BCUT2D eigenvalue weighted by Gasteiger charge is -2.49. The molecule has 0 heterocycles. The Kier molecular flexibility index (Phi) is 6.38. The van der Waals surface area contributed by atoms with Crippen LogP contribution in [0.3, 0.4) is 0 Å². The monoisotopic (exact) mass is 409 g/mol. The van der Waals surface area contributed by atoms with Crippen molar-refractivity contribution in [1.82, 2.24) is 4.23 Å². The predicted molar refractivity (Wildman–Crippen MR) is 125 cm³/mol. The third-order valence-corrected chi connectivity index (χ3v) is 14.7. The molecule has 0 aliphatic rings. The Labute approximate surface area is 170 Å². The van der Waals surface area contributed by atoms with Crippen LogP contribution in [0.4, 0.5) is 0 Å². The fourth-order valence-corrected chi connectivity index (χ4v) is 14.9. The maximum absolute atomic E-state index is 6.37. The predicted octanol–water partition coefficient (Wildman–Crippen LogP) is 4.03. The van der Waals surface area contributed by atoms with E-state index >= 15 is 0 Å². The second-order valence-electron chi connectivity index (χ2n) is 7.82. The normalized spacial score (nSPS) is 12.3. The third kappa shape index (κ3) is 3.97. The Morgan fingerprint density at radius 2 is 0.963 bits per heavy atom. The number of hydrogen-bond acceptors (Lipinski definition) is 1. The molecule has 3 aromatic carbocycles. The molecule has 1 nitrogen and oxygen atoms in total. The molecule has 0 N–H and O–H groups in total. The summed E-state index contributed by atoms with van der Waals surface area (Å²) in [5.74, 6) is 0.644. The Balaban J connectivity index is 2.42. The van der Waals surface area contributed by atoms with E-state index in [1.807, 2.05) is 0 Å². The minimum absolute atomic E-state index is 0.644. The van der Waals surface area contributed by atoms with Crippen LogP contribution in [0.25, 0.3) is 0 Å². The van der Waals surface area contributed by atoms with E-state index in [1.54, 1.807) is 0 Å². The third-order valence-electron chi connectivity index (χ3n) is 5.10. The van der Waals surface area contributed by atoms with Crippen molar-refractivity contribution >= 4 is 43.6 Å². The lowest BCUT2D eigenvalue weighted by Crippen LogP contribution is -2.81. The molecule has 0 unspecified atom stereocenters. The van der Waals surface area contributed by atoms with Gasteiger partial charge in [0, 0.05) is 5.88 Å². The summed E-state index contributed by atoms with van der Waals surface area (Å²) in [6.07, 6.45) is 0. The highest BCUT2D eigenvalue weighted by molar-refractivity contribution is 7.14. The SMILES string of the molecule is C[Si](C)(C)N(CCCl)[Si](c1ccccc1)(c1ccccc1)c1ccccc1. The van der Waals surface area contributed by atoms with E-state index in [4.69, 9.17) is 11.6 Å². The molecule has 0 bridgehead atoms. The van der Waals surface area contributed by atoms with E-state index in [1.165, 1.54) is 15.6 Å². The highest BCUT2D eigenvalue weighted by atomic mass is 35.5. The number of benzene rings is 3. The fraction of sp³-hybridized carbons (Fsp3) is 0.217. The zero-order chi connectivity index (χ0) is 19.3. The highest BCUT2D eigenvalue weighted by Crippen LogP contribution is 2.21. The zero-order valence-corrected chi connectivity index (χ0v) is 19.2. The number of hydrogen-bond donors (Lipinski definition) is 0. The van der Waals surface area contributed by atoms with E-state index in [0.29, 0.717) is 5.88 Å². The maximum Gasteiger partial charge on any atom is 0.218 e. The summed E-state index contributed by atoms with van der Waals surface area (Å²) in [6.45, 7) is 8.23. The molecule has 0 spiro atoms. The molecular weight excluding hydrogens is 382 g/mol. The van der Waals surface area contributed by atoms with Crippen molar-refractivity contribution in [2.45, 2.75) is 19.6 Å². The van der Waals surface area contributed by atoms with Crippen molar-refractivity contribution in [3.63, 3.8) is 0 Å². The summed E-state index contributed by atoms with van der Waals surface area (Å²) in [7, 11) is -4.08. The molecule has 0 aliphatic heterocycles. The first kappa shape index (κ1) is 20.1. The lowest BCUT2D eigenvalue weighted by molar-refractivity contribution is 0.670. The van der Waals surface area contributed by atoms with Gasteiger partial charge in [0.2, 0.25) is 8.24 Å². The summed E-state index contributed by atoms with van der Waals surface area (Å²) in [4.78, 5) is 0. The molecular formula is C23H28ClNSi2. The van der Waals surface area contributed by atoms with Crippen molar-refractivity contribution < 1.29 is 0 Å². The van der Waals surface area contributed by atoms with Crippen molar-refractivity contribution in [3.8, 4) is 0 Å². The Bertz CT molecular complexity index is 736. The molecule has 0 amide bonds. The second kappa shape index (κ2) is 8.57. The lowest BCUT2D eigenvalue weighted by atomic mass is 10.3. The van der Waals surface area contributed by atoms with Crippen molar-refractivity contribution in [1.29, 1.82) is 0 Å². The molecule has 3 aromatic rings. The van der Waals surface area contributed by atoms with Crippen LogP contribution in [0, 0.1) is 0 Å². The molecule has 4 heteroatoms. The van der Waals surface area contributed by atoms with E-state index in [9.17, 15) is 0 Å². The Hall–Kier alpha value is -1.66. The van der Waals surface area contributed by atoms with E-state index in [0.717, 1.165) is 6.54 Å². The molecule has 0 saturated carbocycles. The topological polar surface area (TPSA) is 3.24 Å². The Morgan fingerprint density at radius 3 is 1.22 bits per heavy atom. The van der Waals surface area contributed by atoms with Gasteiger partial charge in [-0.15, -0.1) is 11.6 Å². The van der Waals surface area contributed by atoms with Gasteiger partial charge < -0.3 is 4.23 Å². The van der Waals surface area contributed by atoms with Gasteiger partial charge in [0.1, 0.15) is 8.24 Å². The van der Waals surface area contributed by atoms with Crippen LogP contribution in [0.15, 0.2) is 91.0 Å². The molecule has 140 valence electrons. The van der Waals surface area contributed by atoms with Gasteiger partial charge in [-0.3, -0.25) is 0 Å². The van der Waals surface area contributed by atoms with Gasteiger partial charge in [0.15, 0.2) is 0 Å². The molecule has 0 radical (unpaired) electrons. The van der Waals surface area contributed by atoms with Crippen molar-refractivity contribution in [3.05, 3.63) is 91.0 Å². The van der Waals surface area contributed by atoms with Crippen LogP contribution in [0.2, 0.25) is 19.6 Å². The van der Waals surface area contributed by atoms with Gasteiger partial charge in [0.05, 0.1) is 0 Å². The molecule has 0 saturated heterocycles. The number of alkyl halides is 1. The van der Waals surface area contributed by atoms with Crippen LogP contribution in [-0.4, -0.2) is 33.1 Å². The molecule has 0 aliphatic carbocycles. The summed E-state index contributed by atoms with van der Waals surface area (Å²) >= 11 is 6.37. The first-order valence-corrected chi connectivity index (χ1v) is 15.4. The smallest absolute Gasteiger partial charge is 0.218 e. The van der Waals surface area contributed by atoms with Gasteiger partial charge in [-0.05, 0) is 22.1 Å². The average molecular weight is 410 g/mol. The summed E-state index contributed by atoms with van der Waals surface area (Å²) in [5.41, 5.74) is 0. The number of nitrogens with zero attached hydrogens (tertiary/aromatic N) is 1. The largest absolute Gasteiger partial charge is 0.334 e. The first-order valence-electron chi connectivity index (χ1n) is 9.51. The molecule has 0 atom stereocenters. The molecule has 0 fully saturated rings. The first-order chi connectivity index (χ1) is 13.0. The highest BCUT2D eigenvalue weighted by Gasteiger charge is 2.49. The summed E-state index contributed by atoms with van der Waals surface area (Å²) in [6, 6.07) is 33.2. The maximum atomic E-state index is 6.37. The van der Waals surface area contributed by atoms with Gasteiger partial charge in [-0.1, -0.05) is 111 Å². The van der Waals surface area contributed by atoms with Crippen LogP contribution in [-0.2, 0) is 0 Å². The summed E-state index contributed by atoms with van der Waals surface area (Å²) < 4.78 is 2.81. The zero-order valence-electron chi connectivity index (χ0n) is 16.4.